The molecule has 0 amide bonds. The maximum atomic E-state index is 11.4. The Morgan fingerprint density at radius 2 is 2.13 bits per heavy atom. The lowest BCUT2D eigenvalue weighted by Gasteiger charge is -2.09. The first-order valence-electron chi connectivity index (χ1n) is 4.17. The first-order valence-corrected chi connectivity index (χ1v) is 6.82. The van der Waals surface area contributed by atoms with Gasteiger partial charge in [-0.25, -0.2) is 0 Å². The van der Waals surface area contributed by atoms with Crippen molar-refractivity contribution in [3.63, 3.8) is 0 Å². The molecule has 15 heavy (non-hydrogen) atoms. The van der Waals surface area contributed by atoms with Gasteiger partial charge in [0.15, 0.2) is 0 Å². The van der Waals surface area contributed by atoms with Crippen LogP contribution in [0.2, 0.25) is 5.02 Å². The molecule has 0 radical (unpaired) electrons. The first kappa shape index (κ1) is 12.8. The summed E-state index contributed by atoms with van der Waals surface area (Å²) in [6.45, 7) is 2.02. The van der Waals surface area contributed by atoms with Gasteiger partial charge in [0.05, 0.1) is 10.7 Å². The fraction of sp³-hybridized carbons (Fsp3) is 0.250. The van der Waals surface area contributed by atoms with Crippen LogP contribution in [0.25, 0.3) is 0 Å². The summed E-state index contributed by atoms with van der Waals surface area (Å²) in [4.78, 5) is 0. The third-order valence-electron chi connectivity index (χ3n) is 1.51. The Morgan fingerprint density at radius 1 is 1.47 bits per heavy atom. The molecule has 0 aliphatic rings. The molecule has 1 aromatic rings. The lowest BCUT2D eigenvalue weighted by Crippen LogP contribution is -2.29. The molecule has 0 aliphatic carbocycles. The van der Waals surface area contributed by atoms with E-state index in [2.05, 4.69) is 25.4 Å². The molecule has 84 valence electrons. The van der Waals surface area contributed by atoms with E-state index < -0.39 is 10.2 Å². The van der Waals surface area contributed by atoms with Gasteiger partial charge in [0, 0.05) is 11.0 Å². The van der Waals surface area contributed by atoms with E-state index >= 15 is 0 Å². The Bertz CT molecular complexity index is 450. The molecular formula is C8H10BrClN2O2S. The molecule has 0 atom stereocenters. The van der Waals surface area contributed by atoms with E-state index in [9.17, 15) is 8.42 Å². The first-order chi connectivity index (χ1) is 6.94. The van der Waals surface area contributed by atoms with Gasteiger partial charge in [0.1, 0.15) is 0 Å². The van der Waals surface area contributed by atoms with Crippen molar-refractivity contribution in [3.05, 3.63) is 27.7 Å². The van der Waals surface area contributed by atoms with Crippen molar-refractivity contribution in [3.8, 4) is 0 Å². The molecule has 1 aromatic carbocycles. The summed E-state index contributed by atoms with van der Waals surface area (Å²) < 4.78 is 28.1. The van der Waals surface area contributed by atoms with E-state index in [1.807, 2.05) is 0 Å². The maximum Gasteiger partial charge on any atom is 0.299 e. The highest BCUT2D eigenvalue weighted by Crippen LogP contribution is 2.26. The van der Waals surface area contributed by atoms with Gasteiger partial charge in [0.25, 0.3) is 10.2 Å². The quantitative estimate of drug-likeness (QED) is 0.896. The fourth-order valence-electron chi connectivity index (χ4n) is 0.947. The molecule has 0 saturated heterocycles. The van der Waals surface area contributed by atoms with Crippen LogP contribution in [0.1, 0.15) is 6.92 Å². The second-order valence-electron chi connectivity index (χ2n) is 2.73. The normalized spacial score (nSPS) is 11.4. The van der Waals surface area contributed by atoms with Crippen LogP contribution >= 0.6 is 27.5 Å². The molecular weight excluding hydrogens is 304 g/mol. The highest BCUT2D eigenvalue weighted by molar-refractivity contribution is 9.10. The van der Waals surface area contributed by atoms with Gasteiger partial charge >= 0.3 is 0 Å². The predicted molar refractivity (Wildman–Crippen MR) is 65.4 cm³/mol. The topological polar surface area (TPSA) is 58.2 Å². The molecule has 0 bridgehead atoms. The Labute approximate surface area is 102 Å². The monoisotopic (exact) mass is 312 g/mol. The van der Waals surface area contributed by atoms with Gasteiger partial charge in [-0.3, -0.25) is 4.72 Å². The fourth-order valence-corrected chi connectivity index (χ4v) is 2.44. The van der Waals surface area contributed by atoms with Gasteiger partial charge in [-0.1, -0.05) is 34.5 Å². The van der Waals surface area contributed by atoms with Crippen LogP contribution in [-0.4, -0.2) is 15.0 Å². The number of rotatable bonds is 4. The third kappa shape index (κ3) is 3.98. The van der Waals surface area contributed by atoms with Gasteiger partial charge in [0.2, 0.25) is 0 Å². The molecule has 2 N–H and O–H groups in total. The maximum absolute atomic E-state index is 11.4. The highest BCUT2D eigenvalue weighted by Gasteiger charge is 2.10. The number of hydrogen-bond donors (Lipinski definition) is 2. The number of hydrogen-bond acceptors (Lipinski definition) is 2. The average Bonchev–Trinajstić information content (AvgIpc) is 2.10. The minimum absolute atomic E-state index is 0.320. The van der Waals surface area contributed by atoms with Crippen LogP contribution in [0.5, 0.6) is 0 Å². The predicted octanol–water partition coefficient (Wildman–Crippen LogP) is 2.37. The van der Waals surface area contributed by atoms with Crippen molar-refractivity contribution in [2.75, 3.05) is 11.3 Å². The van der Waals surface area contributed by atoms with Gasteiger partial charge in [-0.15, -0.1) is 0 Å². The van der Waals surface area contributed by atoms with Gasteiger partial charge in [-0.2, -0.15) is 13.1 Å². The average molecular weight is 314 g/mol. The van der Waals surface area contributed by atoms with Crippen LogP contribution in [0.15, 0.2) is 22.7 Å². The molecule has 0 saturated carbocycles. The Morgan fingerprint density at radius 3 is 2.73 bits per heavy atom. The number of benzene rings is 1. The van der Waals surface area contributed by atoms with Crippen LogP contribution in [0, 0.1) is 0 Å². The molecule has 0 unspecified atom stereocenters. The molecule has 0 fully saturated rings. The van der Waals surface area contributed by atoms with Crippen LogP contribution in [0.4, 0.5) is 5.69 Å². The summed E-state index contributed by atoms with van der Waals surface area (Å²) in [6.07, 6.45) is 0. The van der Waals surface area contributed by atoms with Crippen molar-refractivity contribution < 1.29 is 8.42 Å². The van der Waals surface area contributed by atoms with Crippen molar-refractivity contribution in [2.24, 2.45) is 0 Å². The summed E-state index contributed by atoms with van der Waals surface area (Å²) in [5.74, 6) is 0. The zero-order valence-corrected chi connectivity index (χ0v) is 11.1. The smallest absolute Gasteiger partial charge is 0.270 e. The summed E-state index contributed by atoms with van der Waals surface area (Å²) in [7, 11) is -3.53. The molecule has 0 heterocycles. The molecule has 4 nitrogen and oxygen atoms in total. The van der Waals surface area contributed by atoms with Crippen LogP contribution < -0.4 is 9.44 Å². The van der Waals surface area contributed by atoms with Gasteiger partial charge in [-0.05, 0) is 18.2 Å². The third-order valence-corrected chi connectivity index (χ3v) is 3.49. The van der Waals surface area contributed by atoms with Crippen LogP contribution in [0.3, 0.4) is 0 Å². The summed E-state index contributed by atoms with van der Waals surface area (Å²) in [6, 6.07) is 4.93. The zero-order chi connectivity index (χ0) is 11.5. The second kappa shape index (κ2) is 5.16. The second-order valence-corrected chi connectivity index (χ2v) is 5.55. The molecule has 0 aromatic heterocycles. The molecule has 7 heteroatoms. The van der Waals surface area contributed by atoms with E-state index in [0.717, 1.165) is 4.47 Å². The van der Waals surface area contributed by atoms with E-state index in [1.54, 1.807) is 25.1 Å². The summed E-state index contributed by atoms with van der Waals surface area (Å²) in [5.41, 5.74) is 0.340. The van der Waals surface area contributed by atoms with E-state index in [4.69, 9.17) is 11.6 Å². The standard InChI is InChI=1S/C8H10BrClN2O2S/c1-2-11-15(13,14)12-8-5-6(9)3-4-7(8)10/h3-5,11-12H,2H2,1H3. The SMILES string of the molecule is CCNS(=O)(=O)Nc1cc(Br)ccc1Cl. The van der Waals surface area contributed by atoms with Crippen molar-refractivity contribution in [1.82, 2.24) is 4.72 Å². The molecule has 0 aliphatic heterocycles. The van der Waals surface area contributed by atoms with E-state index in [1.165, 1.54) is 0 Å². The lowest BCUT2D eigenvalue weighted by molar-refractivity contribution is 0.589. The minimum atomic E-state index is -3.53. The van der Waals surface area contributed by atoms with E-state index in [0.29, 0.717) is 17.3 Å². The minimum Gasteiger partial charge on any atom is -0.270 e. The lowest BCUT2D eigenvalue weighted by atomic mass is 10.3. The summed E-state index contributed by atoms with van der Waals surface area (Å²) >= 11 is 9.06. The number of halogens is 2. The zero-order valence-electron chi connectivity index (χ0n) is 7.92. The Kier molecular flexibility index (Phi) is 4.39. The van der Waals surface area contributed by atoms with Crippen molar-refractivity contribution in [1.29, 1.82) is 0 Å². The number of nitrogens with one attached hydrogen (secondary N) is 2. The molecule has 0 spiro atoms. The van der Waals surface area contributed by atoms with Gasteiger partial charge < -0.3 is 0 Å². The highest BCUT2D eigenvalue weighted by atomic mass is 79.9. The largest absolute Gasteiger partial charge is 0.299 e. The summed E-state index contributed by atoms with van der Waals surface area (Å²) in [5, 5.41) is 0.347. The Balaban J connectivity index is 2.94. The van der Waals surface area contributed by atoms with Crippen LogP contribution in [-0.2, 0) is 10.2 Å². The molecule has 1 rings (SSSR count). The van der Waals surface area contributed by atoms with Crippen molar-refractivity contribution >= 4 is 43.4 Å². The number of anilines is 1. The Hall–Kier alpha value is -0.300. The van der Waals surface area contributed by atoms with Crippen molar-refractivity contribution in [2.45, 2.75) is 6.92 Å². The van der Waals surface area contributed by atoms with E-state index in [-0.39, 0.29) is 0 Å².